The molecular formula is C16H30BN2O5PSi. The maximum absolute atomic E-state index is 12.8. The number of β-lactam (4-membered cyclic amide) rings is 1. The number of carbonyl (C=O) groups excluding carboxylic acids is 3. The van der Waals surface area contributed by atoms with Crippen molar-refractivity contribution in [2.45, 2.75) is 70.9 Å². The first-order valence-corrected chi connectivity index (χ1v) is 12.9. The molecule has 0 spiro atoms. The molecule has 0 bridgehead atoms. The summed E-state index contributed by atoms with van der Waals surface area (Å²) in [5.41, 5.74) is 0. The number of amides is 1. The van der Waals surface area contributed by atoms with E-state index in [2.05, 4.69) is 25.8 Å². The molecular weight excluding hydrogens is 370 g/mol. The molecule has 2 fully saturated rings. The molecule has 0 aromatic rings. The van der Waals surface area contributed by atoms with Crippen LogP contribution in [0.25, 0.3) is 0 Å². The quantitative estimate of drug-likeness (QED) is 0.269. The zero-order valence-corrected chi connectivity index (χ0v) is 18.5. The Hall–Kier alpha value is -0.758. The summed E-state index contributed by atoms with van der Waals surface area (Å²) < 4.78 is 11.5. The van der Waals surface area contributed by atoms with Gasteiger partial charge < -0.3 is 18.8 Å². The summed E-state index contributed by atoms with van der Waals surface area (Å²) in [5, 5.41) is 0. The number of nitrogens with zero attached hydrogens (tertiary/aromatic N) is 1. The van der Waals surface area contributed by atoms with Crippen molar-refractivity contribution in [1.29, 1.82) is 0 Å². The third-order valence-corrected chi connectivity index (χ3v) is 11.3. The van der Waals surface area contributed by atoms with Crippen LogP contribution in [0.1, 0.15) is 34.6 Å². The van der Waals surface area contributed by atoms with Gasteiger partial charge >= 0.3 is 5.97 Å². The Morgan fingerprint density at radius 2 is 1.88 bits per heavy atom. The van der Waals surface area contributed by atoms with Crippen molar-refractivity contribution in [3.05, 3.63) is 0 Å². The summed E-state index contributed by atoms with van der Waals surface area (Å²) in [6, 6.07) is 1.66. The smallest absolute Gasteiger partial charge is 0.340 e. The summed E-state index contributed by atoms with van der Waals surface area (Å²) in [6.45, 7) is 10.2. The Labute approximate surface area is 159 Å². The van der Waals surface area contributed by atoms with E-state index < -0.39 is 20.3 Å². The maximum atomic E-state index is 12.8. The van der Waals surface area contributed by atoms with Crippen LogP contribution in [0.2, 0.25) is 18.1 Å². The van der Waals surface area contributed by atoms with E-state index in [0.717, 1.165) is 18.1 Å². The van der Waals surface area contributed by atoms with Crippen LogP contribution >= 0.6 is 8.96 Å². The molecule has 7 nitrogen and oxygen atoms in total. The highest BCUT2D eigenvalue weighted by atomic mass is 31.1. The van der Waals surface area contributed by atoms with Gasteiger partial charge in [0.05, 0.1) is 18.1 Å². The van der Waals surface area contributed by atoms with E-state index >= 15 is 0 Å². The summed E-state index contributed by atoms with van der Waals surface area (Å²) in [4.78, 5) is 41.8. The predicted molar refractivity (Wildman–Crippen MR) is 106 cm³/mol. The lowest BCUT2D eigenvalue weighted by Gasteiger charge is -2.49. The SMILES string of the molecule is BNPOC(=O)C1C(=O)[C@H](C)[C@@H]2[C@@H]([C@@H](C)O[Si](CC)(CC)CC)C(=O)N12. The number of hydrogen-bond acceptors (Lipinski definition) is 6. The third-order valence-electron chi connectivity index (χ3n) is 6.09. The number of ketones is 1. The predicted octanol–water partition coefficient (Wildman–Crippen LogP) is 1.00. The largest absolute Gasteiger partial charge is 0.431 e. The molecule has 1 N–H and O–H groups in total. The zero-order chi connectivity index (χ0) is 19.6. The van der Waals surface area contributed by atoms with E-state index in [9.17, 15) is 14.4 Å². The van der Waals surface area contributed by atoms with E-state index in [1.807, 2.05) is 6.92 Å². The molecule has 0 aromatic carbocycles. The molecule has 2 aliphatic rings. The molecule has 0 aliphatic carbocycles. The number of nitrogens with one attached hydrogen (secondary N) is 1. The maximum Gasteiger partial charge on any atom is 0.340 e. The van der Waals surface area contributed by atoms with Crippen LogP contribution < -0.4 is 5.00 Å². The fraction of sp³-hybridized carbons (Fsp3) is 0.812. The fourth-order valence-corrected chi connectivity index (χ4v) is 7.54. The molecule has 2 heterocycles. The summed E-state index contributed by atoms with van der Waals surface area (Å²) in [6.07, 6.45) is -0.237. The Morgan fingerprint density at radius 1 is 1.31 bits per heavy atom. The molecule has 0 radical (unpaired) electrons. The lowest BCUT2D eigenvalue weighted by Crippen LogP contribution is -2.66. The van der Waals surface area contributed by atoms with E-state index in [0.29, 0.717) is 0 Å². The van der Waals surface area contributed by atoms with Crippen LogP contribution in [-0.2, 0) is 23.3 Å². The molecule has 2 unspecified atom stereocenters. The lowest BCUT2D eigenvalue weighted by atomic mass is 9.79. The molecule has 10 heteroatoms. The van der Waals surface area contributed by atoms with Crippen molar-refractivity contribution in [2.75, 3.05) is 0 Å². The average Bonchev–Trinajstić information content (AvgIpc) is 2.86. The first-order valence-electron chi connectivity index (χ1n) is 9.44. The second-order valence-corrected chi connectivity index (χ2v) is 12.8. The number of rotatable bonds is 9. The summed E-state index contributed by atoms with van der Waals surface area (Å²) >= 11 is 0. The molecule has 6 atom stereocenters. The lowest BCUT2D eigenvalue weighted by molar-refractivity contribution is -0.169. The Morgan fingerprint density at radius 3 is 2.38 bits per heavy atom. The summed E-state index contributed by atoms with van der Waals surface area (Å²) in [7, 11) is -0.419. The molecule has 1 amide bonds. The van der Waals surface area contributed by atoms with Gasteiger partial charge in [0, 0.05) is 5.92 Å². The van der Waals surface area contributed by atoms with E-state index in [1.165, 1.54) is 4.90 Å². The molecule has 0 saturated carbocycles. The minimum Gasteiger partial charge on any atom is -0.431 e. The van der Waals surface area contributed by atoms with Gasteiger partial charge in [-0.15, -0.1) is 0 Å². The standard InChI is InChI=1S/C16H30BN2O5PSi/c1-6-26(7-2,8-3)24-10(5)11-12-9(4)14(20)13(19(12)15(11)21)16(22)23-25-18-17/h9-13,18,25H,6-8,17H2,1-5H3/t9-,10-,11-,12-,13?/m1/s1. The van der Waals surface area contributed by atoms with Crippen LogP contribution in [0, 0.1) is 11.8 Å². The van der Waals surface area contributed by atoms with Crippen molar-refractivity contribution >= 4 is 42.9 Å². The average molecular weight is 400 g/mol. The minimum atomic E-state index is -1.85. The third kappa shape index (κ3) is 3.51. The van der Waals surface area contributed by atoms with Gasteiger partial charge in [0.15, 0.2) is 28.1 Å². The van der Waals surface area contributed by atoms with Crippen molar-refractivity contribution in [3.63, 3.8) is 0 Å². The van der Waals surface area contributed by atoms with E-state index in [4.69, 9.17) is 8.95 Å². The molecule has 2 aliphatic heterocycles. The Bertz CT molecular complexity index is 569. The van der Waals surface area contributed by atoms with Gasteiger partial charge in [-0.05, 0) is 25.1 Å². The van der Waals surface area contributed by atoms with Crippen LogP contribution in [0.15, 0.2) is 0 Å². The Balaban J connectivity index is 2.15. The van der Waals surface area contributed by atoms with Crippen molar-refractivity contribution in [3.8, 4) is 0 Å². The highest BCUT2D eigenvalue weighted by Crippen LogP contribution is 2.45. The number of carbonyl (C=O) groups is 3. The van der Waals surface area contributed by atoms with Gasteiger partial charge in [0.1, 0.15) is 8.96 Å². The van der Waals surface area contributed by atoms with Crippen molar-refractivity contribution in [1.82, 2.24) is 9.90 Å². The first-order chi connectivity index (χ1) is 12.3. The van der Waals surface area contributed by atoms with Gasteiger partial charge in [-0.25, -0.2) is 4.79 Å². The molecule has 26 heavy (non-hydrogen) atoms. The van der Waals surface area contributed by atoms with Gasteiger partial charge in [-0.2, -0.15) is 0 Å². The fourth-order valence-electron chi connectivity index (χ4n) is 4.29. The van der Waals surface area contributed by atoms with Crippen LogP contribution in [0.4, 0.5) is 0 Å². The number of fused-ring (bicyclic) bond motifs is 1. The van der Waals surface area contributed by atoms with Crippen LogP contribution in [-0.4, -0.2) is 57.0 Å². The highest BCUT2D eigenvalue weighted by molar-refractivity contribution is 7.32. The minimum absolute atomic E-state index is 0.166. The van der Waals surface area contributed by atoms with E-state index in [1.54, 1.807) is 14.9 Å². The topological polar surface area (TPSA) is 84.9 Å². The van der Waals surface area contributed by atoms with E-state index in [-0.39, 0.29) is 44.6 Å². The number of Topliss-reactive ketones (excluding diaryl/α,β-unsaturated/α-hetero) is 1. The summed E-state index contributed by atoms with van der Waals surface area (Å²) in [5.74, 6) is -1.76. The molecule has 146 valence electrons. The van der Waals surface area contributed by atoms with Crippen molar-refractivity contribution in [2.24, 2.45) is 11.8 Å². The Kier molecular flexibility index (Phi) is 7.05. The molecule has 0 aromatic heterocycles. The van der Waals surface area contributed by atoms with Crippen molar-refractivity contribution < 1.29 is 23.3 Å². The number of hydrogen-bond donors (Lipinski definition) is 1. The van der Waals surface area contributed by atoms with Gasteiger partial charge in [-0.3, -0.25) is 9.59 Å². The van der Waals surface area contributed by atoms with Gasteiger partial charge in [-0.1, -0.05) is 27.7 Å². The monoisotopic (exact) mass is 400 g/mol. The second-order valence-electron chi connectivity index (χ2n) is 7.20. The second kappa shape index (κ2) is 8.50. The highest BCUT2D eigenvalue weighted by Gasteiger charge is 2.65. The first kappa shape index (κ1) is 21.5. The van der Waals surface area contributed by atoms with Crippen LogP contribution in [0.3, 0.4) is 0 Å². The normalized spacial score (nSPS) is 29.8. The molecule has 2 saturated heterocycles. The zero-order valence-electron chi connectivity index (χ0n) is 16.5. The van der Waals surface area contributed by atoms with Crippen LogP contribution in [0.5, 0.6) is 0 Å². The molecule has 2 rings (SSSR count). The van der Waals surface area contributed by atoms with Gasteiger partial charge in [0.25, 0.3) is 0 Å². The van der Waals surface area contributed by atoms with Gasteiger partial charge in [0.2, 0.25) is 5.91 Å².